The number of nitrogens with two attached hydrogens (primary N) is 1. The van der Waals surface area contributed by atoms with E-state index in [4.69, 9.17) is 5.73 Å². The summed E-state index contributed by atoms with van der Waals surface area (Å²) in [4.78, 5) is 12.5. The Morgan fingerprint density at radius 3 is 2.85 bits per heavy atom. The average Bonchev–Trinajstić information content (AvgIpc) is 2.74. The Balaban J connectivity index is 2.04. The zero-order chi connectivity index (χ0) is 14.7. The predicted octanol–water partition coefficient (Wildman–Crippen LogP) is 3.03. The summed E-state index contributed by atoms with van der Waals surface area (Å²) in [6.07, 6.45) is 6.32. The van der Waals surface area contributed by atoms with Crippen LogP contribution in [0.5, 0.6) is 0 Å². The number of carbonyl (C=O) groups excluding carboxylic acids is 1. The first-order valence-corrected chi connectivity index (χ1v) is 7.77. The van der Waals surface area contributed by atoms with E-state index in [9.17, 15) is 4.79 Å². The first-order chi connectivity index (χ1) is 9.51. The Morgan fingerprint density at radius 2 is 2.20 bits per heavy atom. The Kier molecular flexibility index (Phi) is 4.73. The molecule has 3 N–H and O–H groups in total. The third kappa shape index (κ3) is 3.35. The summed E-state index contributed by atoms with van der Waals surface area (Å²) >= 11 is 0. The minimum Gasteiger partial charge on any atom is -0.397 e. The maximum Gasteiger partial charge on any atom is 0.268 e. The second-order valence-corrected chi connectivity index (χ2v) is 6.33. The van der Waals surface area contributed by atoms with Gasteiger partial charge in [-0.05, 0) is 43.6 Å². The van der Waals surface area contributed by atoms with Gasteiger partial charge >= 0.3 is 0 Å². The molecular weight excluding hydrogens is 250 g/mol. The number of nitrogen functional groups attached to an aromatic ring is 1. The van der Waals surface area contributed by atoms with Crippen molar-refractivity contribution in [2.45, 2.75) is 59.0 Å². The van der Waals surface area contributed by atoms with Gasteiger partial charge in [-0.25, -0.2) is 0 Å². The smallest absolute Gasteiger partial charge is 0.268 e. The monoisotopic (exact) mass is 277 g/mol. The topological polar surface area (TPSA) is 60.0 Å². The molecule has 112 valence electrons. The number of rotatable bonds is 4. The zero-order valence-corrected chi connectivity index (χ0v) is 12.9. The molecule has 3 atom stereocenters. The Labute approximate surface area is 121 Å². The molecule has 4 nitrogen and oxygen atoms in total. The summed E-state index contributed by atoms with van der Waals surface area (Å²) in [5.74, 6) is 1.34. The molecule has 0 aliphatic heterocycles. The summed E-state index contributed by atoms with van der Waals surface area (Å²) in [6, 6.07) is 2.08. The van der Waals surface area contributed by atoms with E-state index in [0.29, 0.717) is 23.3 Å². The van der Waals surface area contributed by atoms with E-state index in [1.165, 1.54) is 12.8 Å². The van der Waals surface area contributed by atoms with Gasteiger partial charge in [0.05, 0.1) is 5.69 Å². The van der Waals surface area contributed by atoms with Crippen molar-refractivity contribution in [1.82, 2.24) is 9.88 Å². The SMILES string of the molecule is CCCn1cc(N)cc1C(=O)NC1CCC(C)CC1C. The fourth-order valence-electron chi connectivity index (χ4n) is 3.27. The van der Waals surface area contributed by atoms with Crippen molar-refractivity contribution in [2.75, 3.05) is 5.73 Å². The number of hydrogen-bond acceptors (Lipinski definition) is 2. The highest BCUT2D eigenvalue weighted by Gasteiger charge is 2.27. The Morgan fingerprint density at radius 1 is 1.45 bits per heavy atom. The Bertz CT molecular complexity index is 466. The van der Waals surface area contributed by atoms with E-state index in [-0.39, 0.29) is 5.91 Å². The highest BCUT2D eigenvalue weighted by Crippen LogP contribution is 2.28. The second kappa shape index (κ2) is 6.33. The predicted molar refractivity (Wildman–Crippen MR) is 82.6 cm³/mol. The summed E-state index contributed by atoms with van der Waals surface area (Å²) < 4.78 is 1.96. The molecule has 4 heteroatoms. The van der Waals surface area contributed by atoms with Gasteiger partial charge in [0.2, 0.25) is 0 Å². The lowest BCUT2D eigenvalue weighted by Crippen LogP contribution is -2.43. The van der Waals surface area contributed by atoms with Crippen molar-refractivity contribution >= 4 is 11.6 Å². The molecule has 1 aromatic heterocycles. The van der Waals surface area contributed by atoms with Gasteiger partial charge in [0.1, 0.15) is 5.69 Å². The maximum absolute atomic E-state index is 12.5. The molecule has 0 aromatic carbocycles. The molecule has 0 bridgehead atoms. The van der Waals surface area contributed by atoms with Crippen LogP contribution in [0.2, 0.25) is 0 Å². The number of amides is 1. The summed E-state index contributed by atoms with van der Waals surface area (Å²) in [5, 5.41) is 3.20. The number of nitrogens with one attached hydrogen (secondary N) is 1. The first-order valence-electron chi connectivity index (χ1n) is 7.77. The normalized spacial score (nSPS) is 26.4. The quantitative estimate of drug-likeness (QED) is 0.888. The fourth-order valence-corrected chi connectivity index (χ4v) is 3.27. The highest BCUT2D eigenvalue weighted by molar-refractivity contribution is 5.94. The van der Waals surface area contributed by atoms with Crippen LogP contribution in [-0.2, 0) is 6.54 Å². The van der Waals surface area contributed by atoms with Gasteiger partial charge in [-0.3, -0.25) is 4.79 Å². The minimum atomic E-state index is 0.0153. The van der Waals surface area contributed by atoms with Crippen molar-refractivity contribution < 1.29 is 4.79 Å². The van der Waals surface area contributed by atoms with E-state index in [0.717, 1.165) is 25.3 Å². The van der Waals surface area contributed by atoms with Crippen LogP contribution in [0, 0.1) is 11.8 Å². The maximum atomic E-state index is 12.5. The molecule has 0 spiro atoms. The van der Waals surface area contributed by atoms with Crippen molar-refractivity contribution in [3.63, 3.8) is 0 Å². The van der Waals surface area contributed by atoms with Crippen molar-refractivity contribution in [2.24, 2.45) is 11.8 Å². The van der Waals surface area contributed by atoms with Crippen LogP contribution in [0.3, 0.4) is 0 Å². The lowest BCUT2D eigenvalue weighted by Gasteiger charge is -2.33. The van der Waals surface area contributed by atoms with Crippen LogP contribution in [0.4, 0.5) is 5.69 Å². The third-order valence-electron chi connectivity index (χ3n) is 4.36. The van der Waals surface area contributed by atoms with E-state index in [2.05, 4.69) is 26.1 Å². The number of nitrogens with zero attached hydrogens (tertiary/aromatic N) is 1. The summed E-state index contributed by atoms with van der Waals surface area (Å²) in [5.41, 5.74) is 7.18. The van der Waals surface area contributed by atoms with Crippen LogP contribution >= 0.6 is 0 Å². The zero-order valence-electron chi connectivity index (χ0n) is 12.9. The van der Waals surface area contributed by atoms with Crippen LogP contribution in [0.25, 0.3) is 0 Å². The van der Waals surface area contributed by atoms with E-state index < -0.39 is 0 Å². The molecule has 1 aliphatic rings. The number of hydrogen-bond donors (Lipinski definition) is 2. The number of carbonyl (C=O) groups is 1. The van der Waals surface area contributed by atoms with Gasteiger partial charge in [-0.2, -0.15) is 0 Å². The number of aromatic nitrogens is 1. The molecule has 1 amide bonds. The molecule has 1 saturated carbocycles. The average molecular weight is 277 g/mol. The molecule has 1 aromatic rings. The molecule has 3 unspecified atom stereocenters. The van der Waals surface area contributed by atoms with Crippen LogP contribution in [-0.4, -0.2) is 16.5 Å². The van der Waals surface area contributed by atoms with Crippen molar-refractivity contribution in [1.29, 1.82) is 0 Å². The molecule has 2 rings (SSSR count). The fraction of sp³-hybridized carbons (Fsp3) is 0.688. The largest absolute Gasteiger partial charge is 0.397 e. The summed E-state index contributed by atoms with van der Waals surface area (Å²) in [7, 11) is 0. The van der Waals surface area contributed by atoms with Gasteiger partial charge in [0, 0.05) is 18.8 Å². The van der Waals surface area contributed by atoms with Gasteiger partial charge in [0.15, 0.2) is 0 Å². The van der Waals surface area contributed by atoms with E-state index in [1.807, 2.05) is 10.8 Å². The van der Waals surface area contributed by atoms with E-state index in [1.54, 1.807) is 6.07 Å². The standard InChI is InChI=1S/C16H27N3O/c1-4-7-19-10-13(17)9-15(19)16(20)18-14-6-5-11(2)8-12(14)3/h9-12,14H,4-8,17H2,1-3H3,(H,18,20). The molecule has 1 heterocycles. The third-order valence-corrected chi connectivity index (χ3v) is 4.36. The van der Waals surface area contributed by atoms with Crippen LogP contribution < -0.4 is 11.1 Å². The molecule has 1 aliphatic carbocycles. The lowest BCUT2D eigenvalue weighted by atomic mass is 9.80. The first kappa shape index (κ1) is 14.9. The second-order valence-electron chi connectivity index (χ2n) is 6.33. The van der Waals surface area contributed by atoms with Gasteiger partial charge in [-0.15, -0.1) is 0 Å². The van der Waals surface area contributed by atoms with Crippen LogP contribution in [0.1, 0.15) is 56.9 Å². The van der Waals surface area contributed by atoms with E-state index >= 15 is 0 Å². The molecular formula is C16H27N3O. The highest BCUT2D eigenvalue weighted by atomic mass is 16.2. The number of anilines is 1. The minimum absolute atomic E-state index is 0.0153. The summed E-state index contributed by atoms with van der Waals surface area (Å²) in [6.45, 7) is 7.46. The van der Waals surface area contributed by atoms with Gasteiger partial charge in [0.25, 0.3) is 5.91 Å². The Hall–Kier alpha value is -1.45. The lowest BCUT2D eigenvalue weighted by molar-refractivity contribution is 0.0890. The molecule has 0 radical (unpaired) electrons. The number of aryl methyl sites for hydroxylation is 1. The van der Waals surface area contributed by atoms with Crippen LogP contribution in [0.15, 0.2) is 12.3 Å². The molecule has 0 saturated heterocycles. The van der Waals surface area contributed by atoms with Crippen molar-refractivity contribution in [3.05, 3.63) is 18.0 Å². The van der Waals surface area contributed by atoms with Crippen molar-refractivity contribution in [3.8, 4) is 0 Å². The molecule has 1 fully saturated rings. The van der Waals surface area contributed by atoms with Gasteiger partial charge in [-0.1, -0.05) is 20.8 Å². The molecule has 20 heavy (non-hydrogen) atoms. The van der Waals surface area contributed by atoms with Gasteiger partial charge < -0.3 is 15.6 Å².